The van der Waals surface area contributed by atoms with E-state index < -0.39 is 0 Å². The molecule has 0 spiro atoms. The zero-order chi connectivity index (χ0) is 30.4. The first-order chi connectivity index (χ1) is 21.4. The molecule has 1 aliphatic carbocycles. The maximum atomic E-state index is 13.9. The number of hydrogen-bond acceptors (Lipinski definition) is 6. The molecule has 5 aromatic rings. The fourth-order valence-electron chi connectivity index (χ4n) is 6.23. The molecule has 7 rings (SSSR count). The summed E-state index contributed by atoms with van der Waals surface area (Å²) >= 11 is 0. The van der Waals surface area contributed by atoms with E-state index in [-0.39, 0.29) is 29.6 Å². The van der Waals surface area contributed by atoms with Crippen molar-refractivity contribution in [3.63, 3.8) is 0 Å². The first-order valence-electron chi connectivity index (χ1n) is 15.1. The summed E-state index contributed by atoms with van der Waals surface area (Å²) in [7, 11) is 1.86. The minimum Gasteiger partial charge on any atom is -0.488 e. The van der Waals surface area contributed by atoms with Gasteiger partial charge < -0.3 is 9.64 Å². The Morgan fingerprint density at radius 1 is 0.977 bits per heavy atom. The Morgan fingerprint density at radius 3 is 2.55 bits per heavy atom. The minimum absolute atomic E-state index is 0.00902. The molecule has 0 N–H and O–H groups in total. The molecular weight excluding hydrogens is 552 g/mol. The van der Waals surface area contributed by atoms with Crippen LogP contribution in [0.25, 0.3) is 16.8 Å². The maximum Gasteiger partial charge on any atom is 0.254 e. The van der Waals surface area contributed by atoms with Crippen LogP contribution in [0.5, 0.6) is 5.75 Å². The monoisotopic (exact) mass is 586 g/mol. The van der Waals surface area contributed by atoms with Crippen molar-refractivity contribution < 1.29 is 14.3 Å². The smallest absolute Gasteiger partial charge is 0.254 e. The normalized spacial score (nSPS) is 19.2. The first-order valence-corrected chi connectivity index (χ1v) is 15.1. The van der Waals surface area contributed by atoms with Crippen LogP contribution in [0.1, 0.15) is 76.2 Å². The van der Waals surface area contributed by atoms with Gasteiger partial charge in [-0.1, -0.05) is 54.6 Å². The second-order valence-electron chi connectivity index (χ2n) is 11.7. The molecule has 44 heavy (non-hydrogen) atoms. The van der Waals surface area contributed by atoms with Gasteiger partial charge in [-0.25, -0.2) is 4.68 Å². The van der Waals surface area contributed by atoms with Gasteiger partial charge in [0.2, 0.25) is 0 Å². The largest absolute Gasteiger partial charge is 0.488 e. The van der Waals surface area contributed by atoms with Gasteiger partial charge in [-0.15, -0.1) is 5.10 Å². The minimum atomic E-state index is -0.0642. The Hall–Kier alpha value is -5.05. The number of Topliss-reactive ketones (excluding diaryl/α,β-unsaturated/α-hetero) is 1. The Kier molecular flexibility index (Phi) is 7.08. The summed E-state index contributed by atoms with van der Waals surface area (Å²) in [5.41, 5.74) is 6.86. The van der Waals surface area contributed by atoms with Crippen LogP contribution in [0.15, 0.2) is 85.2 Å². The number of carbonyl (C=O) groups excluding carboxylic acids is 2. The van der Waals surface area contributed by atoms with Crippen LogP contribution in [0.4, 0.5) is 0 Å². The molecular formula is C35H34N6O3. The number of aryl methyl sites for hydroxylation is 1. The van der Waals surface area contributed by atoms with Crippen LogP contribution in [-0.4, -0.2) is 54.0 Å². The van der Waals surface area contributed by atoms with E-state index in [1.165, 1.54) is 0 Å². The van der Waals surface area contributed by atoms with Crippen molar-refractivity contribution in [3.05, 3.63) is 113 Å². The quantitative estimate of drug-likeness (QED) is 0.219. The number of rotatable bonds is 7. The van der Waals surface area contributed by atoms with Gasteiger partial charge >= 0.3 is 0 Å². The number of aromatic nitrogens is 5. The van der Waals surface area contributed by atoms with Crippen molar-refractivity contribution in [2.75, 3.05) is 6.54 Å². The fourth-order valence-corrected chi connectivity index (χ4v) is 6.23. The van der Waals surface area contributed by atoms with Crippen molar-refractivity contribution in [2.45, 2.75) is 51.2 Å². The number of carbonyl (C=O) groups is 2. The van der Waals surface area contributed by atoms with Crippen LogP contribution < -0.4 is 4.74 Å². The zero-order valence-electron chi connectivity index (χ0n) is 25.1. The average molecular weight is 587 g/mol. The van der Waals surface area contributed by atoms with Gasteiger partial charge in [0.15, 0.2) is 5.78 Å². The Bertz CT molecular complexity index is 1870. The van der Waals surface area contributed by atoms with Crippen LogP contribution in [0.2, 0.25) is 0 Å². The molecule has 3 atom stereocenters. The van der Waals surface area contributed by atoms with Gasteiger partial charge in [0, 0.05) is 42.8 Å². The predicted molar refractivity (Wildman–Crippen MR) is 166 cm³/mol. The van der Waals surface area contributed by atoms with E-state index in [1.54, 1.807) is 17.8 Å². The standard InChI is InChI=1S/C35H34N6O3/c1-4-28-20-40(19-26-9-5-6-14-33(26)44-28)35(43)25-12-7-10-23(15-25)24-11-8-13-27(16-24)41-34(31(18-36-41)22(2)42)30-17-29(30)32-21-39(3)38-37-32/h5-16,18,21,28-30H,4,17,19-20H2,1-3H3/t28-,29-,30-/m1/s1. The highest BCUT2D eigenvalue weighted by molar-refractivity contribution is 5.96. The van der Waals surface area contributed by atoms with Crippen LogP contribution in [-0.2, 0) is 13.6 Å². The summed E-state index contributed by atoms with van der Waals surface area (Å²) in [4.78, 5) is 28.3. The maximum absolute atomic E-state index is 13.9. The van der Waals surface area contributed by atoms with Crippen molar-refractivity contribution >= 4 is 11.7 Å². The molecule has 0 radical (unpaired) electrons. The molecule has 2 aliphatic rings. The van der Waals surface area contributed by atoms with Crippen molar-refractivity contribution in [2.24, 2.45) is 7.05 Å². The Labute approximate surface area is 256 Å². The second-order valence-corrected chi connectivity index (χ2v) is 11.7. The van der Waals surface area contributed by atoms with Crippen molar-refractivity contribution in [1.82, 2.24) is 29.7 Å². The highest BCUT2D eigenvalue weighted by Gasteiger charge is 2.45. The summed E-state index contributed by atoms with van der Waals surface area (Å²) in [6.07, 6.45) is 5.24. The molecule has 222 valence electrons. The third-order valence-corrected chi connectivity index (χ3v) is 8.66. The Morgan fingerprint density at radius 2 is 1.77 bits per heavy atom. The van der Waals surface area contributed by atoms with Crippen molar-refractivity contribution in [3.8, 4) is 22.6 Å². The molecule has 9 heteroatoms. The van der Waals surface area contributed by atoms with Gasteiger partial charge in [-0.3, -0.25) is 14.3 Å². The van der Waals surface area contributed by atoms with Crippen LogP contribution in [0.3, 0.4) is 0 Å². The van der Waals surface area contributed by atoms with Gasteiger partial charge in [0.05, 0.1) is 35.4 Å². The van der Waals surface area contributed by atoms with Crippen LogP contribution in [0, 0.1) is 0 Å². The summed E-state index contributed by atoms with van der Waals surface area (Å²) < 4.78 is 9.81. The van der Waals surface area contributed by atoms with E-state index in [2.05, 4.69) is 28.4 Å². The summed E-state index contributed by atoms with van der Waals surface area (Å²) in [6, 6.07) is 23.8. The van der Waals surface area contributed by atoms with E-state index in [0.29, 0.717) is 24.2 Å². The average Bonchev–Trinajstić information content (AvgIpc) is 3.57. The van der Waals surface area contributed by atoms with Gasteiger partial charge in [-0.05, 0) is 61.2 Å². The van der Waals surface area contributed by atoms with E-state index in [9.17, 15) is 9.59 Å². The lowest BCUT2D eigenvalue weighted by Gasteiger charge is -2.24. The SMILES string of the molecule is CC[C@@H]1CN(C(=O)c2cccc(-c3cccc(-n4ncc(C(C)=O)c4[C@@H]4C[C@H]4c4cn(C)nn4)c3)c2)Cc2ccccc2O1. The highest BCUT2D eigenvalue weighted by Crippen LogP contribution is 2.55. The molecule has 1 saturated carbocycles. The molecule has 3 heterocycles. The van der Waals surface area contributed by atoms with E-state index in [0.717, 1.165) is 52.4 Å². The van der Waals surface area contributed by atoms with Crippen LogP contribution >= 0.6 is 0 Å². The lowest BCUT2D eigenvalue weighted by atomic mass is 10.0. The Balaban J connectivity index is 1.18. The number of fused-ring (bicyclic) bond motifs is 1. The predicted octanol–water partition coefficient (Wildman–Crippen LogP) is 5.95. The molecule has 2 aromatic heterocycles. The van der Waals surface area contributed by atoms with Gasteiger partial charge in [-0.2, -0.15) is 5.10 Å². The molecule has 9 nitrogen and oxygen atoms in total. The summed E-state index contributed by atoms with van der Waals surface area (Å²) in [5, 5.41) is 13.1. The fraction of sp³-hybridized carbons (Fsp3) is 0.286. The molecule has 0 unspecified atom stereocenters. The number of para-hydroxylation sites is 1. The number of ketones is 1. The van der Waals surface area contributed by atoms with E-state index >= 15 is 0 Å². The van der Waals surface area contributed by atoms with Crippen molar-refractivity contribution in [1.29, 1.82) is 0 Å². The summed E-state index contributed by atoms with van der Waals surface area (Å²) in [6.45, 7) is 4.70. The first kappa shape index (κ1) is 27.8. The lowest BCUT2D eigenvalue weighted by molar-refractivity contribution is 0.0674. The number of nitrogens with zero attached hydrogens (tertiary/aromatic N) is 6. The lowest BCUT2D eigenvalue weighted by Crippen LogP contribution is -2.37. The number of amides is 1. The molecule has 3 aromatic carbocycles. The summed E-state index contributed by atoms with van der Waals surface area (Å²) in [5.74, 6) is 1.15. The second kappa shape index (κ2) is 11.2. The third kappa shape index (κ3) is 5.19. The molecule has 1 fully saturated rings. The highest BCUT2D eigenvalue weighted by atomic mass is 16.5. The van der Waals surface area contributed by atoms with E-state index in [4.69, 9.17) is 4.74 Å². The molecule has 0 bridgehead atoms. The molecule has 1 aliphatic heterocycles. The zero-order valence-corrected chi connectivity index (χ0v) is 25.1. The molecule has 0 saturated heterocycles. The number of benzene rings is 3. The third-order valence-electron chi connectivity index (χ3n) is 8.66. The topological polar surface area (TPSA) is 95.1 Å². The van der Waals surface area contributed by atoms with Gasteiger partial charge in [0.25, 0.3) is 5.91 Å². The number of hydrogen-bond donors (Lipinski definition) is 0. The van der Waals surface area contributed by atoms with Gasteiger partial charge in [0.1, 0.15) is 11.9 Å². The number of ether oxygens (including phenoxy) is 1. The molecule has 1 amide bonds. The van der Waals surface area contributed by atoms with E-state index in [1.807, 2.05) is 89.6 Å².